The monoisotopic (exact) mass is 368 g/mol. The van der Waals surface area contributed by atoms with Crippen LogP contribution in [-0.4, -0.2) is 32.1 Å². The van der Waals surface area contributed by atoms with Crippen molar-refractivity contribution >= 4 is 11.8 Å². The Morgan fingerprint density at radius 3 is 2.26 bits per heavy atom. The average Bonchev–Trinajstić information content (AvgIpc) is 3.55. The van der Waals surface area contributed by atoms with Crippen LogP contribution in [0.4, 0.5) is 0 Å². The summed E-state index contributed by atoms with van der Waals surface area (Å²) in [5.74, 6) is 1.67. The Hall–Kier alpha value is -3.02. The van der Waals surface area contributed by atoms with Crippen molar-refractivity contribution in [2.75, 3.05) is 20.3 Å². The summed E-state index contributed by atoms with van der Waals surface area (Å²) >= 11 is 0. The molecule has 0 unspecified atom stereocenters. The standard InChI is InChI=1S/C21H24N2O4/c1-26-18-8-10-19(11-9-18)27-13-12-22-20(24)16-4-2-15(3-5-16)14-23-21(25)17-6-7-17/h2-5,8-11,17H,6-7,12-14H2,1H3,(H,22,24)(H,23,25). The first-order valence-corrected chi connectivity index (χ1v) is 9.07. The largest absolute Gasteiger partial charge is 0.497 e. The zero-order valence-corrected chi connectivity index (χ0v) is 15.4. The van der Waals surface area contributed by atoms with Gasteiger partial charge in [0.25, 0.3) is 5.91 Å². The minimum absolute atomic E-state index is 0.119. The van der Waals surface area contributed by atoms with E-state index in [0.29, 0.717) is 25.3 Å². The third-order valence-electron chi connectivity index (χ3n) is 4.35. The van der Waals surface area contributed by atoms with E-state index in [4.69, 9.17) is 9.47 Å². The van der Waals surface area contributed by atoms with Crippen LogP contribution in [0.25, 0.3) is 0 Å². The van der Waals surface area contributed by atoms with Crippen LogP contribution in [0.1, 0.15) is 28.8 Å². The van der Waals surface area contributed by atoms with Gasteiger partial charge >= 0.3 is 0 Å². The fraction of sp³-hybridized carbons (Fsp3) is 0.333. The van der Waals surface area contributed by atoms with Crippen LogP contribution in [0.3, 0.4) is 0 Å². The van der Waals surface area contributed by atoms with Crippen LogP contribution in [-0.2, 0) is 11.3 Å². The molecule has 2 N–H and O–H groups in total. The number of hydrogen-bond acceptors (Lipinski definition) is 4. The van der Waals surface area contributed by atoms with E-state index in [1.807, 2.05) is 36.4 Å². The molecule has 0 saturated heterocycles. The van der Waals surface area contributed by atoms with Crippen LogP contribution in [0.5, 0.6) is 11.5 Å². The highest BCUT2D eigenvalue weighted by Gasteiger charge is 2.29. The lowest BCUT2D eigenvalue weighted by Crippen LogP contribution is -2.28. The predicted molar refractivity (Wildman–Crippen MR) is 102 cm³/mol. The second-order valence-electron chi connectivity index (χ2n) is 6.47. The Labute approximate surface area is 158 Å². The van der Waals surface area contributed by atoms with E-state index in [2.05, 4.69) is 10.6 Å². The van der Waals surface area contributed by atoms with Crippen LogP contribution < -0.4 is 20.1 Å². The van der Waals surface area contributed by atoms with E-state index in [1.54, 1.807) is 19.2 Å². The molecule has 1 aliphatic carbocycles. The summed E-state index contributed by atoms with van der Waals surface area (Å²) in [4.78, 5) is 23.8. The SMILES string of the molecule is COc1ccc(OCCNC(=O)c2ccc(CNC(=O)C3CC3)cc2)cc1. The maximum atomic E-state index is 12.2. The quantitative estimate of drug-likeness (QED) is 0.667. The van der Waals surface area contributed by atoms with Gasteiger partial charge in [0.2, 0.25) is 5.91 Å². The number of benzene rings is 2. The van der Waals surface area contributed by atoms with Crippen molar-refractivity contribution in [3.63, 3.8) is 0 Å². The molecule has 1 saturated carbocycles. The van der Waals surface area contributed by atoms with Gasteiger partial charge in [-0.2, -0.15) is 0 Å². The molecule has 0 aliphatic heterocycles. The van der Waals surface area contributed by atoms with Crippen molar-refractivity contribution < 1.29 is 19.1 Å². The second-order valence-corrected chi connectivity index (χ2v) is 6.47. The Kier molecular flexibility index (Phi) is 6.30. The van der Waals surface area contributed by atoms with E-state index in [0.717, 1.165) is 29.9 Å². The van der Waals surface area contributed by atoms with Crippen molar-refractivity contribution in [3.05, 3.63) is 59.7 Å². The third kappa shape index (κ3) is 5.74. The van der Waals surface area contributed by atoms with E-state index >= 15 is 0 Å². The molecule has 2 aromatic carbocycles. The van der Waals surface area contributed by atoms with Gasteiger partial charge in [0.15, 0.2) is 0 Å². The van der Waals surface area contributed by atoms with E-state index in [9.17, 15) is 9.59 Å². The van der Waals surface area contributed by atoms with Gasteiger partial charge in [0.1, 0.15) is 18.1 Å². The highest BCUT2D eigenvalue weighted by atomic mass is 16.5. The van der Waals surface area contributed by atoms with Crippen molar-refractivity contribution in [2.45, 2.75) is 19.4 Å². The number of hydrogen-bond donors (Lipinski definition) is 2. The molecule has 0 radical (unpaired) electrons. The summed E-state index contributed by atoms with van der Waals surface area (Å²) in [6.07, 6.45) is 1.99. The Balaban J connectivity index is 1.37. The molecule has 2 aromatic rings. The minimum atomic E-state index is -0.151. The molecule has 3 rings (SSSR count). The van der Waals surface area contributed by atoms with E-state index in [-0.39, 0.29) is 17.7 Å². The van der Waals surface area contributed by atoms with Crippen LogP contribution >= 0.6 is 0 Å². The van der Waals surface area contributed by atoms with E-state index < -0.39 is 0 Å². The lowest BCUT2D eigenvalue weighted by atomic mass is 10.1. The van der Waals surface area contributed by atoms with Crippen LogP contribution in [0.15, 0.2) is 48.5 Å². The molecule has 0 heterocycles. The maximum Gasteiger partial charge on any atom is 0.251 e. The molecule has 1 fully saturated rings. The summed E-state index contributed by atoms with van der Waals surface area (Å²) in [5.41, 5.74) is 1.56. The van der Waals surface area contributed by atoms with Gasteiger partial charge in [0.05, 0.1) is 13.7 Å². The number of methoxy groups -OCH3 is 1. The first-order valence-electron chi connectivity index (χ1n) is 9.07. The van der Waals surface area contributed by atoms with Gasteiger partial charge in [0, 0.05) is 18.0 Å². The summed E-state index contributed by atoms with van der Waals surface area (Å²) < 4.78 is 10.7. The fourth-order valence-corrected chi connectivity index (χ4v) is 2.56. The zero-order valence-electron chi connectivity index (χ0n) is 15.4. The van der Waals surface area contributed by atoms with E-state index in [1.165, 1.54) is 0 Å². The molecule has 6 nitrogen and oxygen atoms in total. The molecule has 6 heteroatoms. The summed E-state index contributed by atoms with van der Waals surface area (Å²) in [6, 6.07) is 14.5. The van der Waals surface area contributed by atoms with Gasteiger partial charge < -0.3 is 20.1 Å². The number of amides is 2. The number of carbonyl (C=O) groups is 2. The summed E-state index contributed by atoms with van der Waals surface area (Å²) in [6.45, 7) is 1.28. The number of nitrogens with one attached hydrogen (secondary N) is 2. The molecule has 142 valence electrons. The molecular formula is C21H24N2O4. The molecule has 1 aliphatic rings. The van der Waals surface area contributed by atoms with Crippen LogP contribution in [0, 0.1) is 5.92 Å². The molecule has 0 atom stereocenters. The smallest absolute Gasteiger partial charge is 0.251 e. The predicted octanol–water partition coefficient (Wildman–Crippen LogP) is 2.53. The van der Waals surface area contributed by atoms with Gasteiger partial charge in [-0.15, -0.1) is 0 Å². The first kappa shape index (κ1) is 18.8. The lowest BCUT2D eigenvalue weighted by molar-refractivity contribution is -0.122. The topological polar surface area (TPSA) is 76.7 Å². The molecule has 0 bridgehead atoms. The third-order valence-corrected chi connectivity index (χ3v) is 4.35. The van der Waals surface area contributed by atoms with Crippen molar-refractivity contribution in [1.29, 1.82) is 0 Å². The normalized spacial score (nSPS) is 12.9. The summed E-state index contributed by atoms with van der Waals surface area (Å²) in [5, 5.41) is 5.74. The number of carbonyl (C=O) groups excluding carboxylic acids is 2. The highest BCUT2D eigenvalue weighted by molar-refractivity contribution is 5.94. The Morgan fingerprint density at radius 1 is 0.963 bits per heavy atom. The zero-order chi connectivity index (χ0) is 19.1. The fourth-order valence-electron chi connectivity index (χ4n) is 2.56. The van der Waals surface area contributed by atoms with Gasteiger partial charge in [-0.3, -0.25) is 9.59 Å². The molecule has 0 spiro atoms. The average molecular weight is 368 g/mol. The highest BCUT2D eigenvalue weighted by Crippen LogP contribution is 2.28. The molecule has 0 aromatic heterocycles. The Morgan fingerprint density at radius 2 is 1.63 bits per heavy atom. The summed E-state index contributed by atoms with van der Waals surface area (Å²) in [7, 11) is 1.61. The van der Waals surface area contributed by atoms with Gasteiger partial charge in [-0.25, -0.2) is 0 Å². The number of rotatable bonds is 9. The van der Waals surface area contributed by atoms with Crippen molar-refractivity contribution in [1.82, 2.24) is 10.6 Å². The first-order chi connectivity index (χ1) is 13.2. The van der Waals surface area contributed by atoms with Crippen molar-refractivity contribution in [2.24, 2.45) is 5.92 Å². The van der Waals surface area contributed by atoms with Crippen molar-refractivity contribution in [3.8, 4) is 11.5 Å². The Bertz CT molecular complexity index is 768. The van der Waals surface area contributed by atoms with Gasteiger partial charge in [-0.1, -0.05) is 12.1 Å². The lowest BCUT2D eigenvalue weighted by Gasteiger charge is -2.09. The van der Waals surface area contributed by atoms with Gasteiger partial charge in [-0.05, 0) is 54.8 Å². The second kappa shape index (κ2) is 9.07. The maximum absolute atomic E-state index is 12.2. The van der Waals surface area contributed by atoms with Crippen LogP contribution in [0.2, 0.25) is 0 Å². The molecular weight excluding hydrogens is 344 g/mol. The minimum Gasteiger partial charge on any atom is -0.497 e. The molecule has 27 heavy (non-hydrogen) atoms. The number of ether oxygens (including phenoxy) is 2. The molecule has 2 amide bonds.